The van der Waals surface area contributed by atoms with E-state index in [0.29, 0.717) is 17.9 Å². The monoisotopic (exact) mass is 401 g/mol. The Morgan fingerprint density at radius 3 is 2.17 bits per heavy atom. The third kappa shape index (κ3) is 4.58. The second-order valence-corrected chi connectivity index (χ2v) is 6.96. The highest BCUT2D eigenvalue weighted by Crippen LogP contribution is 2.33. The van der Waals surface area contributed by atoms with Gasteiger partial charge in [-0.3, -0.25) is 0 Å². The molecule has 3 aromatic carbocycles. The minimum Gasteiger partial charge on any atom is -0.467 e. The van der Waals surface area contributed by atoms with Gasteiger partial charge in [-0.15, -0.1) is 0 Å². The zero-order chi connectivity index (χ0) is 20.8. The molecule has 1 heterocycles. The van der Waals surface area contributed by atoms with Crippen LogP contribution < -0.4 is 0 Å². The molecule has 3 aromatic rings. The molecule has 0 bridgehead atoms. The van der Waals surface area contributed by atoms with Gasteiger partial charge in [0.15, 0.2) is 6.10 Å². The van der Waals surface area contributed by atoms with Gasteiger partial charge >= 0.3 is 5.97 Å². The molecule has 0 amide bonds. The number of carbonyl (C=O) groups is 1. The zero-order valence-electron chi connectivity index (χ0n) is 16.7. The lowest BCUT2D eigenvalue weighted by molar-refractivity contribution is -0.179. The van der Waals surface area contributed by atoms with Crippen molar-refractivity contribution in [2.45, 2.75) is 24.9 Å². The van der Waals surface area contributed by atoms with E-state index >= 15 is 0 Å². The van der Waals surface area contributed by atoms with E-state index in [4.69, 9.17) is 19.2 Å². The Bertz CT molecular complexity index is 989. The minimum absolute atomic E-state index is 0.144. The Balaban J connectivity index is 1.64. The lowest BCUT2D eigenvalue weighted by Gasteiger charge is -2.31. The standard InChI is InChI=1S/C25H23NO4/c1-28-25(27)23(19-13-7-3-8-14-19)29-22-17-21(18-11-5-2-6-12-18)26-24(30-22)20-15-9-4-10-16-20/h2-16,21-23H,17H2,1H3/t21-,22+,23-/m1/s1. The molecule has 0 N–H and O–H groups in total. The minimum atomic E-state index is -0.882. The Kier molecular flexibility index (Phi) is 6.20. The van der Waals surface area contributed by atoms with Gasteiger partial charge in [0.25, 0.3) is 0 Å². The van der Waals surface area contributed by atoms with Gasteiger partial charge in [-0.1, -0.05) is 78.9 Å². The van der Waals surface area contributed by atoms with E-state index < -0.39 is 18.4 Å². The van der Waals surface area contributed by atoms with Crippen molar-refractivity contribution in [3.05, 3.63) is 108 Å². The van der Waals surface area contributed by atoms with E-state index in [9.17, 15) is 4.79 Å². The summed E-state index contributed by atoms with van der Waals surface area (Å²) in [7, 11) is 1.35. The molecule has 0 aliphatic carbocycles. The highest BCUT2D eigenvalue weighted by atomic mass is 16.7. The Hall–Kier alpha value is -3.44. The topological polar surface area (TPSA) is 57.1 Å². The van der Waals surface area contributed by atoms with Crippen LogP contribution in [0.1, 0.15) is 35.3 Å². The number of hydrogen-bond donors (Lipinski definition) is 0. The number of benzene rings is 3. The van der Waals surface area contributed by atoms with E-state index in [2.05, 4.69) is 0 Å². The molecule has 5 nitrogen and oxygen atoms in total. The molecule has 0 aromatic heterocycles. The highest BCUT2D eigenvalue weighted by Gasteiger charge is 2.33. The normalized spacial score (nSPS) is 19.3. The lowest BCUT2D eigenvalue weighted by atomic mass is 10.0. The SMILES string of the molecule is COC(=O)[C@H](O[C@@H]1C[C@H](c2ccccc2)N=C(c2ccccc2)O1)c1ccccc1. The second kappa shape index (κ2) is 9.37. The van der Waals surface area contributed by atoms with Gasteiger partial charge in [0.05, 0.1) is 13.2 Å². The summed E-state index contributed by atoms with van der Waals surface area (Å²) in [5, 5.41) is 0. The van der Waals surface area contributed by atoms with Crippen LogP contribution in [0.4, 0.5) is 0 Å². The first-order chi connectivity index (χ1) is 14.7. The van der Waals surface area contributed by atoms with Crippen LogP contribution in [0.15, 0.2) is 96.0 Å². The van der Waals surface area contributed by atoms with Crippen molar-refractivity contribution in [2.75, 3.05) is 7.11 Å². The quantitative estimate of drug-likeness (QED) is 0.554. The number of aliphatic imine (C=N–C) groups is 1. The van der Waals surface area contributed by atoms with Crippen LogP contribution in [0.25, 0.3) is 0 Å². The molecule has 30 heavy (non-hydrogen) atoms. The van der Waals surface area contributed by atoms with E-state index in [0.717, 1.165) is 11.1 Å². The molecule has 0 radical (unpaired) electrons. The van der Waals surface area contributed by atoms with Crippen molar-refractivity contribution in [1.82, 2.24) is 0 Å². The summed E-state index contributed by atoms with van der Waals surface area (Å²) in [5.41, 5.74) is 2.64. The number of ether oxygens (including phenoxy) is 3. The molecular formula is C25H23NO4. The summed E-state index contributed by atoms with van der Waals surface area (Å²) in [5.74, 6) is 0.0298. The van der Waals surface area contributed by atoms with Crippen LogP contribution >= 0.6 is 0 Å². The Labute approximate surface area is 175 Å². The number of esters is 1. The molecule has 3 atom stereocenters. The maximum atomic E-state index is 12.5. The summed E-state index contributed by atoms with van der Waals surface area (Å²) in [6.07, 6.45) is -1.05. The van der Waals surface area contributed by atoms with Crippen molar-refractivity contribution < 1.29 is 19.0 Å². The number of rotatable bonds is 6. The van der Waals surface area contributed by atoms with Crippen molar-refractivity contribution in [3.8, 4) is 0 Å². The van der Waals surface area contributed by atoms with E-state index in [1.807, 2.05) is 91.0 Å². The molecule has 0 saturated heterocycles. The van der Waals surface area contributed by atoms with Gasteiger partial charge in [0.1, 0.15) is 0 Å². The molecule has 1 aliphatic heterocycles. The largest absolute Gasteiger partial charge is 0.467 e. The third-order valence-electron chi connectivity index (χ3n) is 4.94. The summed E-state index contributed by atoms with van der Waals surface area (Å²) in [6.45, 7) is 0. The van der Waals surface area contributed by atoms with Crippen LogP contribution in [0.2, 0.25) is 0 Å². The molecule has 0 saturated carbocycles. The molecule has 0 unspecified atom stereocenters. The van der Waals surface area contributed by atoms with Crippen LogP contribution in [-0.2, 0) is 19.0 Å². The molecule has 0 spiro atoms. The van der Waals surface area contributed by atoms with Crippen molar-refractivity contribution in [3.63, 3.8) is 0 Å². The van der Waals surface area contributed by atoms with Gasteiger partial charge in [-0.2, -0.15) is 0 Å². The molecule has 4 rings (SSSR count). The smallest absolute Gasteiger partial charge is 0.339 e. The maximum Gasteiger partial charge on any atom is 0.339 e. The fraction of sp³-hybridized carbons (Fsp3) is 0.200. The van der Waals surface area contributed by atoms with Gasteiger partial charge in [-0.25, -0.2) is 9.79 Å². The average molecular weight is 401 g/mol. The summed E-state index contributed by atoms with van der Waals surface area (Å²) >= 11 is 0. The zero-order valence-corrected chi connectivity index (χ0v) is 16.7. The highest BCUT2D eigenvalue weighted by molar-refractivity contribution is 5.94. The first-order valence-corrected chi connectivity index (χ1v) is 9.87. The van der Waals surface area contributed by atoms with Crippen LogP contribution in [0.5, 0.6) is 0 Å². The van der Waals surface area contributed by atoms with Crippen molar-refractivity contribution in [1.29, 1.82) is 0 Å². The summed E-state index contributed by atoms with van der Waals surface area (Å²) < 4.78 is 17.2. The van der Waals surface area contributed by atoms with Crippen LogP contribution in [-0.4, -0.2) is 25.3 Å². The van der Waals surface area contributed by atoms with E-state index in [1.54, 1.807) is 0 Å². The van der Waals surface area contributed by atoms with Gasteiger partial charge < -0.3 is 14.2 Å². The third-order valence-corrected chi connectivity index (χ3v) is 4.94. The molecular weight excluding hydrogens is 378 g/mol. The van der Waals surface area contributed by atoms with E-state index in [-0.39, 0.29) is 6.04 Å². The second-order valence-electron chi connectivity index (χ2n) is 6.96. The number of methoxy groups -OCH3 is 1. The predicted molar refractivity (Wildman–Crippen MR) is 114 cm³/mol. The van der Waals surface area contributed by atoms with Crippen molar-refractivity contribution >= 4 is 11.9 Å². The van der Waals surface area contributed by atoms with Gasteiger partial charge in [0, 0.05) is 12.0 Å². The van der Waals surface area contributed by atoms with Crippen LogP contribution in [0, 0.1) is 0 Å². The fourth-order valence-corrected chi connectivity index (χ4v) is 3.43. The Morgan fingerprint density at radius 1 is 0.933 bits per heavy atom. The summed E-state index contributed by atoms with van der Waals surface area (Å²) in [6, 6.07) is 28.9. The first kappa shape index (κ1) is 19.9. The van der Waals surface area contributed by atoms with Gasteiger partial charge in [-0.05, 0) is 23.3 Å². The fourth-order valence-electron chi connectivity index (χ4n) is 3.43. The molecule has 152 valence electrons. The number of nitrogens with zero attached hydrogens (tertiary/aromatic N) is 1. The van der Waals surface area contributed by atoms with E-state index in [1.165, 1.54) is 7.11 Å². The number of hydrogen-bond acceptors (Lipinski definition) is 5. The lowest BCUT2D eigenvalue weighted by Crippen LogP contribution is -2.32. The Morgan fingerprint density at radius 2 is 1.53 bits per heavy atom. The van der Waals surface area contributed by atoms with Gasteiger partial charge in [0.2, 0.25) is 12.2 Å². The number of carbonyl (C=O) groups excluding carboxylic acids is 1. The predicted octanol–water partition coefficient (Wildman–Crippen LogP) is 4.85. The van der Waals surface area contributed by atoms with Crippen LogP contribution in [0.3, 0.4) is 0 Å². The summed E-state index contributed by atoms with van der Waals surface area (Å²) in [4.78, 5) is 17.3. The molecule has 1 aliphatic rings. The average Bonchev–Trinajstić information content (AvgIpc) is 2.83. The molecule has 0 fully saturated rings. The van der Waals surface area contributed by atoms with Crippen molar-refractivity contribution in [2.24, 2.45) is 4.99 Å². The maximum absolute atomic E-state index is 12.5. The molecule has 5 heteroatoms. The first-order valence-electron chi connectivity index (χ1n) is 9.87.